The van der Waals surface area contributed by atoms with Crippen molar-refractivity contribution >= 4 is 17.5 Å². The van der Waals surface area contributed by atoms with E-state index in [1.807, 2.05) is 53.3 Å². The van der Waals surface area contributed by atoms with Crippen LogP contribution >= 0.6 is 0 Å². The molecule has 0 aliphatic carbocycles. The van der Waals surface area contributed by atoms with Crippen molar-refractivity contribution in [2.24, 2.45) is 5.92 Å². The minimum Gasteiger partial charge on any atom is -0.339 e. The number of rotatable bonds is 4. The van der Waals surface area contributed by atoms with Crippen LogP contribution in [0.2, 0.25) is 0 Å². The minimum atomic E-state index is -0.0716. The average Bonchev–Trinajstić information content (AvgIpc) is 2.87. The maximum atomic E-state index is 13.1. The first-order valence-electron chi connectivity index (χ1n) is 10.1. The lowest BCUT2D eigenvalue weighted by Gasteiger charge is -2.35. The Kier molecular flexibility index (Phi) is 4.96. The van der Waals surface area contributed by atoms with Gasteiger partial charge in [-0.1, -0.05) is 17.7 Å². The second kappa shape index (κ2) is 7.41. The van der Waals surface area contributed by atoms with Crippen LogP contribution < -0.4 is 0 Å². The fourth-order valence-corrected chi connectivity index (χ4v) is 4.36. The van der Waals surface area contributed by atoms with E-state index in [0.29, 0.717) is 26.1 Å². The van der Waals surface area contributed by atoms with Gasteiger partial charge in [0.1, 0.15) is 5.65 Å². The predicted molar refractivity (Wildman–Crippen MR) is 108 cm³/mol. The van der Waals surface area contributed by atoms with E-state index in [4.69, 9.17) is 0 Å². The third-order valence-electron chi connectivity index (χ3n) is 5.98. The molecule has 6 nitrogen and oxygen atoms in total. The topological polar surface area (TPSA) is 57.9 Å². The zero-order valence-electron chi connectivity index (χ0n) is 16.9. The molecule has 2 aromatic rings. The monoisotopic (exact) mass is 380 g/mol. The molecular weight excluding hydrogens is 352 g/mol. The Labute approximate surface area is 165 Å². The molecule has 3 aliphatic rings. The second-order valence-corrected chi connectivity index (χ2v) is 8.31. The number of aromatic nitrogens is 2. The van der Waals surface area contributed by atoms with Crippen molar-refractivity contribution < 1.29 is 9.59 Å². The third-order valence-corrected chi connectivity index (χ3v) is 5.98. The summed E-state index contributed by atoms with van der Waals surface area (Å²) >= 11 is 0. The number of fused-ring (bicyclic) bond motifs is 5. The highest BCUT2D eigenvalue weighted by molar-refractivity contribution is 5.84. The van der Waals surface area contributed by atoms with Crippen LogP contribution in [0.5, 0.6) is 0 Å². The average molecular weight is 380 g/mol. The molecule has 2 atom stereocenters. The van der Waals surface area contributed by atoms with Crippen molar-refractivity contribution in [2.75, 3.05) is 19.6 Å². The number of hydrogen-bond donors (Lipinski definition) is 0. The van der Waals surface area contributed by atoms with Gasteiger partial charge in [0, 0.05) is 38.1 Å². The van der Waals surface area contributed by atoms with Crippen LogP contribution in [0.1, 0.15) is 37.9 Å². The van der Waals surface area contributed by atoms with E-state index in [1.165, 1.54) is 5.57 Å². The lowest BCUT2D eigenvalue weighted by molar-refractivity contribution is -0.139. The van der Waals surface area contributed by atoms with Gasteiger partial charge < -0.3 is 14.2 Å². The molecule has 5 rings (SSSR count). The maximum absolute atomic E-state index is 13.1. The fraction of sp³-hybridized carbons (Fsp3) is 0.500. The number of carbonyl (C=O) groups is 2. The molecule has 0 aromatic carbocycles. The van der Waals surface area contributed by atoms with Gasteiger partial charge in [-0.2, -0.15) is 0 Å². The molecule has 0 spiro atoms. The van der Waals surface area contributed by atoms with Crippen molar-refractivity contribution in [3.63, 3.8) is 0 Å². The van der Waals surface area contributed by atoms with Crippen LogP contribution in [0.15, 0.2) is 36.2 Å². The number of imidazole rings is 1. The van der Waals surface area contributed by atoms with Gasteiger partial charge in [0.15, 0.2) is 0 Å². The summed E-state index contributed by atoms with van der Waals surface area (Å²) in [5, 5.41) is 0. The summed E-state index contributed by atoms with van der Waals surface area (Å²) < 4.78 is 1.99. The van der Waals surface area contributed by atoms with Crippen molar-refractivity contribution in [2.45, 2.75) is 46.1 Å². The normalized spacial score (nSPS) is 21.9. The van der Waals surface area contributed by atoms with Gasteiger partial charge in [0.2, 0.25) is 11.8 Å². The summed E-state index contributed by atoms with van der Waals surface area (Å²) in [4.78, 5) is 34.3. The van der Waals surface area contributed by atoms with Crippen LogP contribution in [0.3, 0.4) is 0 Å². The number of hydrogen-bond acceptors (Lipinski definition) is 3. The molecule has 3 fully saturated rings. The number of allylic oxidation sites excluding steroid dienone is 1. The zero-order valence-corrected chi connectivity index (χ0v) is 16.9. The molecule has 5 heterocycles. The largest absolute Gasteiger partial charge is 0.339 e. The number of nitrogens with zero attached hydrogens (tertiary/aromatic N) is 4. The quantitative estimate of drug-likeness (QED) is 0.766. The van der Waals surface area contributed by atoms with Crippen molar-refractivity contribution in [3.05, 3.63) is 47.4 Å². The van der Waals surface area contributed by atoms with E-state index in [-0.39, 0.29) is 23.8 Å². The number of carbonyl (C=O) groups excluding carboxylic acids is 2. The third kappa shape index (κ3) is 3.43. The molecule has 0 saturated carbocycles. The molecule has 2 aromatic heterocycles. The highest BCUT2D eigenvalue weighted by atomic mass is 16.2. The van der Waals surface area contributed by atoms with Crippen LogP contribution in [-0.4, -0.2) is 56.7 Å². The number of amides is 2. The SMILES string of the molecule is CC(C)=CCN1C(=O)[C@@H]2CC[C@H]1CN(C(=O)Cc1cnc3c(C)cccn13)C2. The Morgan fingerprint density at radius 1 is 1.29 bits per heavy atom. The number of aryl methyl sites for hydroxylation is 1. The van der Waals surface area contributed by atoms with E-state index in [9.17, 15) is 9.59 Å². The fourth-order valence-electron chi connectivity index (χ4n) is 4.36. The van der Waals surface area contributed by atoms with Crippen molar-refractivity contribution in [3.8, 4) is 0 Å². The number of piperidine rings is 1. The predicted octanol–water partition coefficient (Wildman–Crippen LogP) is 2.60. The second-order valence-electron chi connectivity index (χ2n) is 8.31. The van der Waals surface area contributed by atoms with E-state index in [1.54, 1.807) is 6.20 Å². The van der Waals surface area contributed by atoms with Crippen molar-refractivity contribution in [1.82, 2.24) is 19.2 Å². The highest BCUT2D eigenvalue weighted by Gasteiger charge is 2.41. The minimum absolute atomic E-state index is 0.0716. The molecular formula is C22H28N4O2. The highest BCUT2D eigenvalue weighted by Crippen LogP contribution is 2.29. The Morgan fingerprint density at radius 2 is 2.11 bits per heavy atom. The first-order valence-corrected chi connectivity index (χ1v) is 10.1. The Bertz CT molecular complexity index is 941. The molecule has 6 heteroatoms. The summed E-state index contributed by atoms with van der Waals surface area (Å²) in [5.74, 6) is 0.212. The van der Waals surface area contributed by atoms with E-state index in [0.717, 1.165) is 29.7 Å². The molecule has 0 N–H and O–H groups in total. The Balaban J connectivity index is 1.52. The zero-order chi connectivity index (χ0) is 19.8. The smallest absolute Gasteiger partial charge is 0.228 e. The summed E-state index contributed by atoms with van der Waals surface area (Å²) in [6.45, 7) is 7.94. The maximum Gasteiger partial charge on any atom is 0.228 e. The standard InChI is InChI=1S/C22H28N4O2/c1-15(2)8-10-26-18-7-6-17(22(26)28)13-24(14-18)20(27)11-19-12-23-21-16(3)5-4-9-25(19)21/h4-5,8-9,12,17-18H,6-7,10-11,13-14H2,1-3H3/t17-,18+/m1/s1. The van der Waals surface area contributed by atoms with E-state index < -0.39 is 0 Å². The lowest BCUT2D eigenvalue weighted by Crippen LogP contribution is -2.48. The van der Waals surface area contributed by atoms with E-state index in [2.05, 4.69) is 11.1 Å². The van der Waals surface area contributed by atoms with Gasteiger partial charge >= 0.3 is 0 Å². The van der Waals surface area contributed by atoms with Gasteiger partial charge in [-0.25, -0.2) is 4.98 Å². The molecule has 3 saturated heterocycles. The molecule has 0 unspecified atom stereocenters. The van der Waals surface area contributed by atoms with E-state index >= 15 is 0 Å². The molecule has 2 amide bonds. The van der Waals surface area contributed by atoms with Gasteiger partial charge in [0.05, 0.1) is 18.0 Å². The Morgan fingerprint density at radius 3 is 2.89 bits per heavy atom. The first-order chi connectivity index (χ1) is 13.4. The molecule has 3 aliphatic heterocycles. The van der Waals surface area contributed by atoms with Crippen molar-refractivity contribution in [1.29, 1.82) is 0 Å². The lowest BCUT2D eigenvalue weighted by atomic mass is 9.94. The van der Waals surface area contributed by atoms with Crippen LogP contribution in [0.4, 0.5) is 0 Å². The summed E-state index contributed by atoms with van der Waals surface area (Å²) in [6, 6.07) is 4.12. The van der Waals surface area contributed by atoms with Gasteiger partial charge in [0.25, 0.3) is 0 Å². The van der Waals surface area contributed by atoms with Crippen LogP contribution in [0, 0.1) is 12.8 Å². The summed E-state index contributed by atoms with van der Waals surface area (Å²) in [6.07, 6.45) is 8.02. The summed E-state index contributed by atoms with van der Waals surface area (Å²) in [7, 11) is 0. The van der Waals surface area contributed by atoms with Gasteiger partial charge in [-0.3, -0.25) is 9.59 Å². The Hall–Kier alpha value is -2.63. The van der Waals surface area contributed by atoms with Gasteiger partial charge in [-0.05, 0) is 45.2 Å². The molecule has 2 bridgehead atoms. The molecule has 148 valence electrons. The summed E-state index contributed by atoms with van der Waals surface area (Å²) in [5.41, 5.74) is 4.09. The first kappa shape index (κ1) is 18.7. The van der Waals surface area contributed by atoms with Gasteiger partial charge in [-0.15, -0.1) is 0 Å². The molecule has 0 radical (unpaired) electrons. The number of pyridine rings is 1. The van der Waals surface area contributed by atoms with Crippen LogP contribution in [-0.2, 0) is 16.0 Å². The van der Waals surface area contributed by atoms with Crippen LogP contribution in [0.25, 0.3) is 5.65 Å². The molecule has 28 heavy (non-hydrogen) atoms.